The summed E-state index contributed by atoms with van der Waals surface area (Å²) in [6.45, 7) is 3.28. The third-order valence-electron chi connectivity index (χ3n) is 5.85. The molecule has 0 saturated carbocycles. The minimum absolute atomic E-state index is 0.0370. The summed E-state index contributed by atoms with van der Waals surface area (Å²) in [4.78, 5) is 26.9. The zero-order chi connectivity index (χ0) is 20.4. The predicted molar refractivity (Wildman–Crippen MR) is 109 cm³/mol. The predicted octanol–water partition coefficient (Wildman–Crippen LogP) is 2.50. The van der Waals surface area contributed by atoms with Crippen LogP contribution in [0.1, 0.15) is 46.2 Å². The molecule has 0 spiro atoms. The van der Waals surface area contributed by atoms with E-state index in [1.54, 1.807) is 26.4 Å². The highest BCUT2D eigenvalue weighted by Crippen LogP contribution is 2.33. The van der Waals surface area contributed by atoms with Gasteiger partial charge in [-0.15, -0.1) is 0 Å². The highest BCUT2D eigenvalue weighted by Gasteiger charge is 2.30. The normalized spacial score (nSPS) is 19.6. The van der Waals surface area contributed by atoms with E-state index in [1.807, 2.05) is 17.2 Å². The molecule has 1 fully saturated rings. The zero-order valence-electron chi connectivity index (χ0n) is 17.4. The number of rotatable bonds is 4. The Labute approximate surface area is 171 Å². The molecule has 0 unspecified atom stereocenters. The van der Waals surface area contributed by atoms with Crippen LogP contribution in [0.3, 0.4) is 0 Å². The lowest BCUT2D eigenvalue weighted by atomic mass is 9.95. The van der Waals surface area contributed by atoms with Crippen molar-refractivity contribution in [2.45, 2.75) is 31.7 Å². The van der Waals surface area contributed by atoms with Crippen LogP contribution in [0, 0.1) is 0 Å². The van der Waals surface area contributed by atoms with Crippen molar-refractivity contribution in [3.05, 3.63) is 47.0 Å². The van der Waals surface area contributed by atoms with Crippen molar-refractivity contribution in [2.24, 2.45) is 0 Å². The van der Waals surface area contributed by atoms with Gasteiger partial charge in [0.05, 0.1) is 19.8 Å². The van der Waals surface area contributed by atoms with E-state index >= 15 is 0 Å². The highest BCUT2D eigenvalue weighted by molar-refractivity contribution is 5.98. The SMILES string of the molecule is COc1cccc(C(=O)N2CCC[C@H](c3ncc4c(n3)CCN(C)C4)C2)c1OC. The molecule has 4 rings (SSSR count). The average molecular weight is 396 g/mol. The molecule has 1 aromatic heterocycles. The standard InChI is InChI=1S/C22H28N4O3/c1-25-11-9-18-16(13-25)12-23-21(24-18)15-6-5-10-26(14-15)22(27)17-7-4-8-19(28-2)20(17)29-3/h4,7-8,12,15H,5-6,9-11,13-14H2,1-3H3/t15-/m0/s1. The number of benzene rings is 1. The third-order valence-corrected chi connectivity index (χ3v) is 5.85. The van der Waals surface area contributed by atoms with Crippen molar-refractivity contribution >= 4 is 5.91 Å². The Kier molecular flexibility index (Phi) is 5.67. The molecule has 2 aromatic rings. The van der Waals surface area contributed by atoms with Crippen LogP contribution in [-0.4, -0.2) is 66.6 Å². The molecule has 0 N–H and O–H groups in total. The van der Waals surface area contributed by atoms with E-state index in [-0.39, 0.29) is 11.8 Å². The first-order valence-electron chi connectivity index (χ1n) is 10.1. The fourth-order valence-electron chi connectivity index (χ4n) is 4.27. The van der Waals surface area contributed by atoms with E-state index in [0.29, 0.717) is 23.6 Å². The maximum Gasteiger partial charge on any atom is 0.257 e. The molecule has 29 heavy (non-hydrogen) atoms. The minimum atomic E-state index is -0.0370. The molecule has 0 radical (unpaired) electrons. The quantitative estimate of drug-likeness (QED) is 0.791. The van der Waals surface area contributed by atoms with E-state index in [1.165, 1.54) is 5.56 Å². The maximum atomic E-state index is 13.2. The van der Waals surface area contributed by atoms with Crippen LogP contribution in [-0.2, 0) is 13.0 Å². The molecule has 1 aromatic carbocycles. The number of piperidine rings is 1. The number of aromatic nitrogens is 2. The molecule has 1 atom stereocenters. The van der Waals surface area contributed by atoms with Crippen molar-refractivity contribution in [1.82, 2.24) is 19.8 Å². The summed E-state index contributed by atoms with van der Waals surface area (Å²) in [6.07, 6.45) is 4.86. The topological polar surface area (TPSA) is 67.8 Å². The van der Waals surface area contributed by atoms with Crippen LogP contribution in [0.15, 0.2) is 24.4 Å². The molecule has 154 valence electrons. The molecule has 2 aliphatic heterocycles. The third kappa shape index (κ3) is 3.92. The molecule has 7 nitrogen and oxygen atoms in total. The number of ether oxygens (including phenoxy) is 2. The molecule has 7 heteroatoms. The van der Waals surface area contributed by atoms with Crippen molar-refractivity contribution in [3.63, 3.8) is 0 Å². The van der Waals surface area contributed by atoms with Gasteiger partial charge in [0.1, 0.15) is 5.82 Å². The van der Waals surface area contributed by atoms with Crippen LogP contribution >= 0.6 is 0 Å². The number of fused-ring (bicyclic) bond motifs is 1. The summed E-state index contributed by atoms with van der Waals surface area (Å²) in [5, 5.41) is 0. The largest absolute Gasteiger partial charge is 0.493 e. The van der Waals surface area contributed by atoms with E-state index in [0.717, 1.165) is 50.4 Å². The molecule has 1 saturated heterocycles. The van der Waals surface area contributed by atoms with Crippen LogP contribution in [0.25, 0.3) is 0 Å². The number of likely N-dealkylation sites (N-methyl/N-ethyl adjacent to an activating group) is 1. The molecule has 3 heterocycles. The Morgan fingerprint density at radius 1 is 1.21 bits per heavy atom. The van der Waals surface area contributed by atoms with Crippen LogP contribution in [0.2, 0.25) is 0 Å². The smallest absolute Gasteiger partial charge is 0.257 e. The van der Waals surface area contributed by atoms with Gasteiger partial charge < -0.3 is 19.3 Å². The fourth-order valence-corrected chi connectivity index (χ4v) is 4.27. The van der Waals surface area contributed by atoms with Crippen molar-refractivity contribution < 1.29 is 14.3 Å². The number of hydrogen-bond acceptors (Lipinski definition) is 6. The van der Waals surface area contributed by atoms with E-state index < -0.39 is 0 Å². The average Bonchev–Trinajstić information content (AvgIpc) is 2.77. The van der Waals surface area contributed by atoms with Gasteiger partial charge in [0.15, 0.2) is 11.5 Å². The first-order chi connectivity index (χ1) is 14.1. The van der Waals surface area contributed by atoms with Gasteiger partial charge in [-0.25, -0.2) is 9.97 Å². The second-order valence-corrected chi connectivity index (χ2v) is 7.82. The van der Waals surface area contributed by atoms with Crippen LogP contribution in [0.4, 0.5) is 0 Å². The first kappa shape index (κ1) is 19.6. The lowest BCUT2D eigenvalue weighted by Crippen LogP contribution is -2.40. The Balaban J connectivity index is 1.54. The van der Waals surface area contributed by atoms with Gasteiger partial charge in [-0.2, -0.15) is 0 Å². The number of nitrogens with zero attached hydrogens (tertiary/aromatic N) is 4. The zero-order valence-corrected chi connectivity index (χ0v) is 17.4. The summed E-state index contributed by atoms with van der Waals surface area (Å²) >= 11 is 0. The second-order valence-electron chi connectivity index (χ2n) is 7.82. The lowest BCUT2D eigenvalue weighted by Gasteiger charge is -2.33. The Morgan fingerprint density at radius 3 is 2.86 bits per heavy atom. The molecule has 0 bridgehead atoms. The van der Waals surface area contributed by atoms with Gasteiger partial charge in [-0.1, -0.05) is 6.07 Å². The number of amides is 1. The number of methoxy groups -OCH3 is 2. The van der Waals surface area contributed by atoms with Gasteiger partial charge in [0, 0.05) is 56.0 Å². The monoisotopic (exact) mass is 396 g/mol. The summed E-state index contributed by atoms with van der Waals surface area (Å²) in [5.41, 5.74) is 2.90. The van der Waals surface area contributed by atoms with Gasteiger partial charge in [-0.3, -0.25) is 4.79 Å². The number of carbonyl (C=O) groups is 1. The van der Waals surface area contributed by atoms with E-state index in [2.05, 4.69) is 16.9 Å². The Hall–Kier alpha value is -2.67. The van der Waals surface area contributed by atoms with Gasteiger partial charge in [-0.05, 0) is 32.0 Å². The van der Waals surface area contributed by atoms with Crippen LogP contribution < -0.4 is 9.47 Å². The molecular formula is C22H28N4O3. The number of hydrogen-bond donors (Lipinski definition) is 0. The number of likely N-dealkylation sites (tertiary alicyclic amines) is 1. The van der Waals surface area contributed by atoms with Gasteiger partial charge in [0.25, 0.3) is 5.91 Å². The molecule has 1 amide bonds. The number of para-hydroxylation sites is 1. The number of carbonyl (C=O) groups excluding carboxylic acids is 1. The minimum Gasteiger partial charge on any atom is -0.493 e. The first-order valence-corrected chi connectivity index (χ1v) is 10.1. The second kappa shape index (κ2) is 8.37. The van der Waals surface area contributed by atoms with Gasteiger partial charge in [0.2, 0.25) is 0 Å². The Bertz CT molecular complexity index is 902. The van der Waals surface area contributed by atoms with Crippen molar-refractivity contribution in [2.75, 3.05) is 40.9 Å². The lowest BCUT2D eigenvalue weighted by molar-refractivity contribution is 0.0700. The summed E-state index contributed by atoms with van der Waals surface area (Å²) in [7, 11) is 5.26. The molecular weight excluding hydrogens is 368 g/mol. The Morgan fingerprint density at radius 2 is 2.07 bits per heavy atom. The molecule has 2 aliphatic rings. The van der Waals surface area contributed by atoms with E-state index in [4.69, 9.17) is 14.5 Å². The van der Waals surface area contributed by atoms with Crippen LogP contribution in [0.5, 0.6) is 11.5 Å². The van der Waals surface area contributed by atoms with Gasteiger partial charge >= 0.3 is 0 Å². The fraction of sp³-hybridized carbons (Fsp3) is 0.500. The summed E-state index contributed by atoms with van der Waals surface area (Å²) < 4.78 is 10.8. The highest BCUT2D eigenvalue weighted by atomic mass is 16.5. The maximum absolute atomic E-state index is 13.2. The van der Waals surface area contributed by atoms with E-state index in [9.17, 15) is 4.79 Å². The van der Waals surface area contributed by atoms with Crippen molar-refractivity contribution in [3.8, 4) is 11.5 Å². The summed E-state index contributed by atoms with van der Waals surface area (Å²) in [6, 6.07) is 5.41. The van der Waals surface area contributed by atoms with Crippen molar-refractivity contribution in [1.29, 1.82) is 0 Å². The summed E-state index contributed by atoms with van der Waals surface area (Å²) in [5.74, 6) is 2.04. The molecule has 0 aliphatic carbocycles.